The molecule has 4 heterocycles. The summed E-state index contributed by atoms with van der Waals surface area (Å²) in [5.74, 6) is -0.266. The normalized spacial score (nSPS) is 24.3. The van der Waals surface area contributed by atoms with Gasteiger partial charge in [-0.2, -0.15) is 0 Å². The van der Waals surface area contributed by atoms with Gasteiger partial charge in [-0.25, -0.2) is 4.79 Å². The average Bonchev–Trinajstić information content (AvgIpc) is 3.58. The number of fused-ring (bicyclic) bond motifs is 6. The number of H-pyrrole nitrogens is 1. The molecule has 3 N–H and O–H groups in total. The highest BCUT2D eigenvalue weighted by atomic mass is 16.5. The van der Waals surface area contributed by atoms with Gasteiger partial charge in [-0.1, -0.05) is 60.7 Å². The van der Waals surface area contributed by atoms with Crippen LogP contribution < -0.4 is 10.6 Å². The van der Waals surface area contributed by atoms with Crippen LogP contribution in [0.25, 0.3) is 21.8 Å². The second kappa shape index (κ2) is 10.6. The van der Waals surface area contributed by atoms with E-state index in [1.807, 2.05) is 72.3 Å². The van der Waals surface area contributed by atoms with E-state index in [4.69, 9.17) is 4.74 Å². The molecule has 1 saturated heterocycles. The molecule has 234 valence electrons. The first-order chi connectivity index (χ1) is 22.3. The van der Waals surface area contributed by atoms with Gasteiger partial charge in [0.1, 0.15) is 18.3 Å². The summed E-state index contributed by atoms with van der Waals surface area (Å²) in [4.78, 5) is 48.6. The van der Waals surface area contributed by atoms with E-state index >= 15 is 4.79 Å². The smallest absolute Gasteiger partial charge is 0.408 e. The lowest BCUT2D eigenvalue weighted by molar-refractivity contribution is 0.0561. The number of carbonyl (C=O) groups excluding carboxylic acids is 3. The number of likely N-dealkylation sites (N-methyl/N-ethyl adjacent to an activating group) is 1. The van der Waals surface area contributed by atoms with Crippen molar-refractivity contribution in [2.45, 2.75) is 56.3 Å². The number of hydrogen-bond donors (Lipinski definition) is 3. The molecule has 2 aliphatic heterocycles. The molecule has 0 bridgehead atoms. The first-order valence-corrected chi connectivity index (χ1v) is 16.0. The molecule has 1 aliphatic carbocycles. The fourth-order valence-electron chi connectivity index (χ4n) is 8.63. The molecular weight excluding hydrogens is 578 g/mol. The number of hydrogen-bond acceptors (Lipinski definition) is 5. The first-order valence-electron chi connectivity index (χ1n) is 16.0. The summed E-state index contributed by atoms with van der Waals surface area (Å²) >= 11 is 0. The molecular formula is C37H37N5O4. The molecule has 2 aromatic heterocycles. The van der Waals surface area contributed by atoms with Gasteiger partial charge in [0.2, 0.25) is 5.78 Å². The summed E-state index contributed by atoms with van der Waals surface area (Å²) in [5.41, 5.74) is 5.30. The van der Waals surface area contributed by atoms with Crippen molar-refractivity contribution in [2.75, 3.05) is 13.6 Å². The molecule has 9 heteroatoms. The number of carbonyl (C=O) groups is 3. The van der Waals surface area contributed by atoms with Gasteiger partial charge in [0.15, 0.2) is 0 Å². The van der Waals surface area contributed by atoms with Crippen LogP contribution in [0.3, 0.4) is 0 Å². The van der Waals surface area contributed by atoms with Gasteiger partial charge < -0.3 is 29.8 Å². The van der Waals surface area contributed by atoms with Crippen LogP contribution in [0.4, 0.5) is 4.79 Å². The summed E-state index contributed by atoms with van der Waals surface area (Å²) in [6.45, 7) is 3.04. The van der Waals surface area contributed by atoms with Crippen molar-refractivity contribution in [3.8, 4) is 0 Å². The molecule has 9 nitrogen and oxygen atoms in total. The van der Waals surface area contributed by atoms with E-state index in [0.717, 1.165) is 52.3 Å². The van der Waals surface area contributed by atoms with Crippen LogP contribution in [0.15, 0.2) is 72.8 Å². The van der Waals surface area contributed by atoms with Crippen molar-refractivity contribution < 1.29 is 19.1 Å². The van der Waals surface area contributed by atoms with E-state index < -0.39 is 17.7 Å². The minimum atomic E-state index is -0.985. The van der Waals surface area contributed by atoms with Crippen molar-refractivity contribution >= 4 is 39.6 Å². The molecule has 0 saturated carbocycles. The summed E-state index contributed by atoms with van der Waals surface area (Å²) in [6.07, 6.45) is 1.47. The van der Waals surface area contributed by atoms with Crippen LogP contribution in [-0.4, -0.2) is 57.9 Å². The molecule has 8 rings (SSSR count). The number of ether oxygens (including phenoxy) is 1. The highest BCUT2D eigenvalue weighted by molar-refractivity contribution is 6.10. The molecule has 3 aromatic carbocycles. The predicted octanol–water partition coefficient (Wildman–Crippen LogP) is 5.53. The van der Waals surface area contributed by atoms with Gasteiger partial charge in [-0.15, -0.1) is 0 Å². The largest absolute Gasteiger partial charge is 0.445 e. The lowest BCUT2D eigenvalue weighted by atomic mass is 9.65. The van der Waals surface area contributed by atoms with Crippen LogP contribution in [0.5, 0.6) is 0 Å². The zero-order valence-corrected chi connectivity index (χ0v) is 26.2. The van der Waals surface area contributed by atoms with Crippen molar-refractivity contribution in [3.63, 3.8) is 0 Å². The van der Waals surface area contributed by atoms with E-state index in [0.29, 0.717) is 17.0 Å². The Labute approximate surface area is 266 Å². The second-order valence-corrected chi connectivity index (χ2v) is 13.2. The average molecular weight is 616 g/mol. The molecule has 2 amide bonds. The molecule has 0 radical (unpaired) electrons. The van der Waals surface area contributed by atoms with Crippen LogP contribution in [0.2, 0.25) is 0 Å². The number of alkyl carbamates (subject to hydrolysis) is 1. The number of piperidine rings is 1. The maximum atomic E-state index is 15.0. The van der Waals surface area contributed by atoms with Crippen LogP contribution in [0.1, 0.15) is 68.9 Å². The zero-order chi connectivity index (χ0) is 31.7. The number of Topliss-reactive ketones (excluding diaryl/α,β-unsaturated/α-hetero) is 1. The molecule has 3 aliphatic rings. The highest BCUT2D eigenvalue weighted by Crippen LogP contribution is 2.52. The summed E-state index contributed by atoms with van der Waals surface area (Å²) < 4.78 is 7.57. The first kappa shape index (κ1) is 28.6. The summed E-state index contributed by atoms with van der Waals surface area (Å²) in [7, 11) is 4.03. The van der Waals surface area contributed by atoms with Gasteiger partial charge in [-0.05, 0) is 62.2 Å². The van der Waals surface area contributed by atoms with Gasteiger partial charge in [-0.3, -0.25) is 9.59 Å². The monoisotopic (exact) mass is 615 g/mol. The van der Waals surface area contributed by atoms with Crippen LogP contribution >= 0.6 is 0 Å². The number of amides is 2. The number of ketones is 1. The fourth-order valence-corrected chi connectivity index (χ4v) is 8.63. The quantitative estimate of drug-likeness (QED) is 0.247. The number of rotatable bonds is 3. The number of aromatic nitrogens is 2. The summed E-state index contributed by atoms with van der Waals surface area (Å²) in [6, 6.07) is 22.4. The van der Waals surface area contributed by atoms with Gasteiger partial charge >= 0.3 is 6.09 Å². The SMILES string of the molecule is CN1CCCC2c3cccc4c3c3c(n4C)C(=O)[C@@H](NC(=O)OCc4ccccc4)Cc4c([nH]c5ccccc45)C(=O)NC3(C)[C@H]21. The Bertz CT molecular complexity index is 2050. The number of benzene rings is 3. The third-order valence-electron chi connectivity index (χ3n) is 10.5. The van der Waals surface area contributed by atoms with Crippen molar-refractivity contribution in [1.29, 1.82) is 0 Å². The van der Waals surface area contributed by atoms with E-state index in [1.54, 1.807) is 0 Å². The Hall–Kier alpha value is -4.89. The maximum absolute atomic E-state index is 15.0. The molecule has 46 heavy (non-hydrogen) atoms. The minimum Gasteiger partial charge on any atom is -0.445 e. The molecule has 0 spiro atoms. The van der Waals surface area contributed by atoms with Gasteiger partial charge in [0, 0.05) is 52.8 Å². The lowest BCUT2D eigenvalue weighted by Gasteiger charge is -2.53. The number of nitrogens with one attached hydrogen (secondary N) is 3. The van der Waals surface area contributed by atoms with Crippen LogP contribution in [-0.2, 0) is 30.4 Å². The third-order valence-corrected chi connectivity index (χ3v) is 10.5. The number of likely N-dealkylation sites (tertiary alicyclic amines) is 1. The molecule has 2 unspecified atom stereocenters. The van der Waals surface area contributed by atoms with E-state index in [1.165, 1.54) is 5.56 Å². The fraction of sp³-hybridized carbons (Fsp3) is 0.324. The third kappa shape index (κ3) is 4.21. The zero-order valence-electron chi connectivity index (χ0n) is 26.2. The lowest BCUT2D eigenvalue weighted by Crippen LogP contribution is -2.63. The van der Waals surface area contributed by atoms with Gasteiger partial charge in [0.25, 0.3) is 5.91 Å². The number of aryl methyl sites for hydroxylation is 1. The van der Waals surface area contributed by atoms with Crippen LogP contribution in [0, 0.1) is 0 Å². The van der Waals surface area contributed by atoms with E-state index in [2.05, 4.69) is 46.6 Å². The van der Waals surface area contributed by atoms with E-state index in [9.17, 15) is 9.59 Å². The van der Waals surface area contributed by atoms with Crippen molar-refractivity contribution in [2.24, 2.45) is 7.05 Å². The second-order valence-electron chi connectivity index (χ2n) is 13.2. The van der Waals surface area contributed by atoms with Crippen molar-refractivity contribution in [3.05, 3.63) is 106 Å². The number of para-hydroxylation sites is 1. The topological polar surface area (TPSA) is 108 Å². The predicted molar refractivity (Wildman–Crippen MR) is 176 cm³/mol. The Morgan fingerprint density at radius 2 is 1.80 bits per heavy atom. The van der Waals surface area contributed by atoms with Crippen molar-refractivity contribution in [1.82, 2.24) is 25.1 Å². The molecule has 4 atom stereocenters. The van der Waals surface area contributed by atoms with E-state index in [-0.39, 0.29) is 36.7 Å². The number of aromatic amines is 1. The highest BCUT2D eigenvalue weighted by Gasteiger charge is 2.54. The Kier molecular flexibility index (Phi) is 6.58. The Morgan fingerprint density at radius 1 is 1.02 bits per heavy atom. The minimum absolute atomic E-state index is 0.0739. The summed E-state index contributed by atoms with van der Waals surface area (Å²) in [5, 5.41) is 8.28. The molecule has 1 fully saturated rings. The Morgan fingerprint density at radius 3 is 2.63 bits per heavy atom. The molecule has 5 aromatic rings. The standard InChI is InChI=1S/C37H37N5O4/c1-37-30-29-23(24-15-10-18-41(2)34(24)37)14-9-17-28(29)42(3)32(30)33(43)27(39-36(45)46-20-21-11-5-4-6-12-21)19-25-22-13-7-8-16-26(22)38-31(25)35(44)40-37/h4-9,11-14,16-17,24,27,34,38H,10,15,18-20H2,1-3H3,(H,39,45)(H,40,44)/t24?,27-,34-,37?/m0/s1. The number of nitrogens with zero attached hydrogens (tertiary/aromatic N) is 2. The van der Waals surface area contributed by atoms with Gasteiger partial charge in [0.05, 0.1) is 11.2 Å². The Balaban J connectivity index is 1.33. The maximum Gasteiger partial charge on any atom is 0.408 e.